The van der Waals surface area contributed by atoms with Gasteiger partial charge in [0, 0.05) is 12.2 Å². The van der Waals surface area contributed by atoms with E-state index in [1.54, 1.807) is 0 Å². The molecule has 1 aliphatic carbocycles. The molecule has 1 aromatic heterocycles. The number of nitrogens with one attached hydrogen (secondary N) is 1. The lowest BCUT2D eigenvalue weighted by Gasteiger charge is -2.15. The maximum absolute atomic E-state index is 4.37. The molecule has 1 aliphatic rings. The van der Waals surface area contributed by atoms with Gasteiger partial charge in [0.1, 0.15) is 5.82 Å². The highest BCUT2D eigenvalue weighted by atomic mass is 79.9. The van der Waals surface area contributed by atoms with E-state index in [-0.39, 0.29) is 0 Å². The maximum Gasteiger partial charge on any atom is 0.140 e. The van der Waals surface area contributed by atoms with Crippen molar-refractivity contribution in [1.82, 2.24) is 4.98 Å². The van der Waals surface area contributed by atoms with Crippen molar-refractivity contribution in [3.8, 4) is 0 Å². The van der Waals surface area contributed by atoms with Crippen LogP contribution in [-0.2, 0) is 0 Å². The Morgan fingerprint density at radius 1 is 1.47 bits per heavy atom. The van der Waals surface area contributed by atoms with Crippen molar-refractivity contribution in [1.29, 1.82) is 0 Å². The normalized spacial score (nSPS) is 25.5. The number of nitrogens with zero attached hydrogens (tertiary/aromatic N) is 1. The third-order valence-electron chi connectivity index (χ3n) is 3.12. The molecule has 0 radical (unpaired) electrons. The highest BCUT2D eigenvalue weighted by Crippen LogP contribution is 2.30. The number of anilines is 1. The number of hydrogen-bond acceptors (Lipinski definition) is 2. The number of halogens is 1. The Morgan fingerprint density at radius 3 is 2.93 bits per heavy atom. The molecule has 3 heteroatoms. The van der Waals surface area contributed by atoms with E-state index in [2.05, 4.69) is 40.1 Å². The quantitative estimate of drug-likeness (QED) is 0.884. The Balaban J connectivity index is 2.07. The van der Waals surface area contributed by atoms with Gasteiger partial charge in [-0.15, -0.1) is 0 Å². The van der Waals surface area contributed by atoms with Gasteiger partial charge in [0.2, 0.25) is 0 Å². The fourth-order valence-electron chi connectivity index (χ4n) is 2.17. The minimum Gasteiger partial charge on any atom is -0.366 e. The molecule has 2 atom stereocenters. The zero-order valence-electron chi connectivity index (χ0n) is 9.26. The second-order valence-corrected chi connectivity index (χ2v) is 5.34. The van der Waals surface area contributed by atoms with Gasteiger partial charge in [-0.05, 0) is 59.7 Å². The average molecular weight is 269 g/mol. The third-order valence-corrected chi connectivity index (χ3v) is 4.12. The molecule has 0 amide bonds. The van der Waals surface area contributed by atoms with Crippen LogP contribution in [0.5, 0.6) is 0 Å². The summed E-state index contributed by atoms with van der Waals surface area (Å²) in [4.78, 5) is 4.37. The van der Waals surface area contributed by atoms with E-state index in [9.17, 15) is 0 Å². The highest BCUT2D eigenvalue weighted by molar-refractivity contribution is 9.10. The van der Waals surface area contributed by atoms with E-state index in [4.69, 9.17) is 0 Å². The van der Waals surface area contributed by atoms with Crippen LogP contribution in [0, 0.1) is 12.8 Å². The summed E-state index contributed by atoms with van der Waals surface area (Å²) in [5.41, 5.74) is 1.23. The Hall–Kier alpha value is -0.570. The summed E-state index contributed by atoms with van der Waals surface area (Å²) in [6, 6.07) is 2.62. The lowest BCUT2D eigenvalue weighted by molar-refractivity contribution is 0.602. The summed E-state index contributed by atoms with van der Waals surface area (Å²) in [6.45, 7) is 4.41. The molecule has 0 saturated heterocycles. The zero-order valence-corrected chi connectivity index (χ0v) is 10.8. The van der Waals surface area contributed by atoms with Crippen LogP contribution in [0.2, 0.25) is 0 Å². The highest BCUT2D eigenvalue weighted by Gasteiger charge is 2.21. The minimum atomic E-state index is 0.602. The summed E-state index contributed by atoms with van der Waals surface area (Å²) in [7, 11) is 0. The van der Waals surface area contributed by atoms with E-state index in [0.717, 1.165) is 16.2 Å². The standard InChI is InChI=1S/C12H17BrN2/c1-8-3-4-10(7-8)15-12-11(13)9(2)5-6-14-12/h5-6,8,10H,3-4,7H2,1-2H3,(H,14,15). The number of pyridine rings is 1. The molecule has 1 fully saturated rings. The smallest absolute Gasteiger partial charge is 0.140 e. The number of aryl methyl sites for hydroxylation is 1. The van der Waals surface area contributed by atoms with Crippen LogP contribution < -0.4 is 5.32 Å². The molecular formula is C12H17BrN2. The van der Waals surface area contributed by atoms with E-state index in [0.29, 0.717) is 6.04 Å². The molecule has 0 aromatic carbocycles. The van der Waals surface area contributed by atoms with Crippen LogP contribution in [0.1, 0.15) is 31.7 Å². The molecule has 0 spiro atoms. The number of rotatable bonds is 2. The number of hydrogen-bond donors (Lipinski definition) is 1. The Kier molecular flexibility index (Phi) is 3.29. The van der Waals surface area contributed by atoms with Crippen molar-refractivity contribution in [3.05, 3.63) is 22.3 Å². The molecule has 0 bridgehead atoms. The fraction of sp³-hybridized carbons (Fsp3) is 0.583. The molecule has 82 valence electrons. The van der Waals surface area contributed by atoms with Crippen molar-refractivity contribution < 1.29 is 0 Å². The van der Waals surface area contributed by atoms with Gasteiger partial charge < -0.3 is 5.32 Å². The summed E-state index contributed by atoms with van der Waals surface area (Å²) in [5, 5.41) is 3.52. The van der Waals surface area contributed by atoms with Gasteiger partial charge in [-0.1, -0.05) is 6.92 Å². The van der Waals surface area contributed by atoms with Gasteiger partial charge in [0.15, 0.2) is 0 Å². The first-order chi connectivity index (χ1) is 7.16. The van der Waals surface area contributed by atoms with Crippen LogP contribution >= 0.6 is 15.9 Å². The molecule has 15 heavy (non-hydrogen) atoms. The van der Waals surface area contributed by atoms with Gasteiger partial charge in [0.05, 0.1) is 4.47 Å². The van der Waals surface area contributed by atoms with Crippen molar-refractivity contribution in [2.75, 3.05) is 5.32 Å². The van der Waals surface area contributed by atoms with Crippen LogP contribution in [-0.4, -0.2) is 11.0 Å². The molecular weight excluding hydrogens is 252 g/mol. The van der Waals surface area contributed by atoms with E-state index >= 15 is 0 Å². The molecule has 1 heterocycles. The molecule has 2 rings (SSSR count). The van der Waals surface area contributed by atoms with E-state index < -0.39 is 0 Å². The second kappa shape index (κ2) is 4.52. The van der Waals surface area contributed by atoms with Gasteiger partial charge >= 0.3 is 0 Å². The van der Waals surface area contributed by atoms with Gasteiger partial charge in [-0.3, -0.25) is 0 Å². The summed E-state index contributed by atoms with van der Waals surface area (Å²) < 4.78 is 1.10. The van der Waals surface area contributed by atoms with Crippen LogP contribution in [0.4, 0.5) is 5.82 Å². The lowest BCUT2D eigenvalue weighted by atomic mass is 10.1. The molecule has 1 N–H and O–H groups in total. The topological polar surface area (TPSA) is 24.9 Å². The Bertz CT molecular complexity index is 351. The monoisotopic (exact) mass is 268 g/mol. The van der Waals surface area contributed by atoms with Gasteiger partial charge in [-0.25, -0.2) is 4.98 Å². The van der Waals surface area contributed by atoms with Crippen molar-refractivity contribution in [3.63, 3.8) is 0 Å². The third kappa shape index (κ3) is 2.51. The summed E-state index contributed by atoms with van der Waals surface area (Å²) in [5.74, 6) is 1.85. The van der Waals surface area contributed by atoms with Gasteiger partial charge in [0.25, 0.3) is 0 Å². The van der Waals surface area contributed by atoms with E-state index in [1.807, 2.05) is 12.3 Å². The van der Waals surface area contributed by atoms with Crippen molar-refractivity contribution in [2.45, 2.75) is 39.2 Å². The van der Waals surface area contributed by atoms with Crippen LogP contribution in [0.25, 0.3) is 0 Å². The second-order valence-electron chi connectivity index (χ2n) is 4.55. The molecule has 2 nitrogen and oxygen atoms in total. The maximum atomic E-state index is 4.37. The first-order valence-electron chi connectivity index (χ1n) is 5.54. The summed E-state index contributed by atoms with van der Waals surface area (Å²) in [6.07, 6.45) is 5.73. The van der Waals surface area contributed by atoms with Crippen LogP contribution in [0.15, 0.2) is 16.7 Å². The minimum absolute atomic E-state index is 0.602. The fourth-order valence-corrected chi connectivity index (χ4v) is 2.52. The SMILES string of the molecule is Cc1ccnc(NC2CCC(C)C2)c1Br. The largest absolute Gasteiger partial charge is 0.366 e. The van der Waals surface area contributed by atoms with Crippen molar-refractivity contribution >= 4 is 21.7 Å². The zero-order chi connectivity index (χ0) is 10.8. The predicted octanol–water partition coefficient (Wildman–Crippen LogP) is 3.75. The number of aromatic nitrogens is 1. The molecule has 2 unspecified atom stereocenters. The van der Waals surface area contributed by atoms with Gasteiger partial charge in [-0.2, -0.15) is 0 Å². The summed E-state index contributed by atoms with van der Waals surface area (Å²) >= 11 is 3.58. The Labute approximate surface area is 99.6 Å². The van der Waals surface area contributed by atoms with Crippen molar-refractivity contribution in [2.24, 2.45) is 5.92 Å². The average Bonchev–Trinajstić information content (AvgIpc) is 2.59. The lowest BCUT2D eigenvalue weighted by Crippen LogP contribution is -2.16. The first-order valence-corrected chi connectivity index (χ1v) is 6.33. The Morgan fingerprint density at radius 2 is 2.27 bits per heavy atom. The van der Waals surface area contributed by atoms with E-state index in [1.165, 1.54) is 24.8 Å². The van der Waals surface area contributed by atoms with Crippen LogP contribution in [0.3, 0.4) is 0 Å². The molecule has 1 saturated carbocycles. The predicted molar refractivity (Wildman–Crippen MR) is 67.1 cm³/mol. The molecule has 0 aliphatic heterocycles. The molecule has 1 aromatic rings. The first kappa shape index (κ1) is 10.9.